The first-order chi connectivity index (χ1) is 7.23. The van der Waals surface area contributed by atoms with E-state index in [-0.39, 0.29) is 41.3 Å². The van der Waals surface area contributed by atoms with E-state index in [0.29, 0.717) is 19.0 Å². The van der Waals surface area contributed by atoms with Gasteiger partial charge >= 0.3 is 0 Å². The van der Waals surface area contributed by atoms with Gasteiger partial charge in [-0.3, -0.25) is 9.79 Å². The van der Waals surface area contributed by atoms with E-state index in [1.165, 1.54) is 0 Å². The third-order valence-corrected chi connectivity index (χ3v) is 1.80. The number of hydrogen-bond acceptors (Lipinski definition) is 2. The average Bonchev–Trinajstić information content (AvgIpc) is 2.09. The molecule has 0 saturated heterocycles. The topological polar surface area (TPSA) is 79.5 Å². The molecule has 0 aliphatic carbocycles. The van der Waals surface area contributed by atoms with Crippen LogP contribution in [-0.4, -0.2) is 31.0 Å². The fraction of sp³-hybridized carbons (Fsp3) is 0.818. The van der Waals surface area contributed by atoms with Crippen molar-refractivity contribution in [2.24, 2.45) is 16.1 Å². The summed E-state index contributed by atoms with van der Waals surface area (Å²) in [5.41, 5.74) is 5.25. The van der Waals surface area contributed by atoms with Crippen molar-refractivity contribution in [2.45, 2.75) is 40.7 Å². The molecule has 0 aromatic carbocycles. The Hall–Kier alpha value is -0.530. The summed E-state index contributed by atoms with van der Waals surface area (Å²) in [6.45, 7) is 10.6. The maximum absolute atomic E-state index is 11.5. The van der Waals surface area contributed by atoms with Crippen LogP contribution in [0.4, 0.5) is 0 Å². The minimum atomic E-state index is -0.356. The summed E-state index contributed by atoms with van der Waals surface area (Å²) >= 11 is 0. The van der Waals surface area contributed by atoms with Crippen LogP contribution < -0.4 is 16.4 Å². The molecule has 0 unspecified atom stereocenters. The average molecular weight is 356 g/mol. The first-order valence-corrected chi connectivity index (χ1v) is 5.58. The van der Waals surface area contributed by atoms with Gasteiger partial charge in [-0.2, -0.15) is 0 Å². The summed E-state index contributed by atoms with van der Waals surface area (Å²) in [7, 11) is 0. The number of halogens is 1. The van der Waals surface area contributed by atoms with E-state index in [9.17, 15) is 4.79 Å². The molecule has 0 saturated carbocycles. The molecule has 5 nitrogen and oxygen atoms in total. The zero-order valence-corrected chi connectivity index (χ0v) is 13.7. The van der Waals surface area contributed by atoms with Crippen molar-refractivity contribution >= 4 is 35.8 Å². The number of carbonyl (C=O) groups is 1. The summed E-state index contributed by atoms with van der Waals surface area (Å²) in [5, 5.41) is 5.78. The number of rotatable bonds is 4. The van der Waals surface area contributed by atoms with Gasteiger partial charge in [-0.1, -0.05) is 20.8 Å². The Morgan fingerprint density at radius 1 is 1.35 bits per heavy atom. The highest BCUT2D eigenvalue weighted by Gasteiger charge is 2.19. The molecule has 6 heteroatoms. The van der Waals surface area contributed by atoms with Crippen LogP contribution in [0.25, 0.3) is 0 Å². The highest BCUT2D eigenvalue weighted by Crippen LogP contribution is 2.11. The van der Waals surface area contributed by atoms with E-state index in [1.807, 2.05) is 34.6 Å². The van der Waals surface area contributed by atoms with Crippen LogP contribution in [0.5, 0.6) is 0 Å². The maximum Gasteiger partial charge on any atom is 0.225 e. The van der Waals surface area contributed by atoms with Crippen LogP contribution >= 0.6 is 24.0 Å². The molecule has 17 heavy (non-hydrogen) atoms. The highest BCUT2D eigenvalue weighted by atomic mass is 127. The normalized spacial score (nSPS) is 12.0. The lowest BCUT2D eigenvalue weighted by Crippen LogP contribution is -2.39. The van der Waals surface area contributed by atoms with E-state index in [1.54, 1.807) is 0 Å². The van der Waals surface area contributed by atoms with Crippen molar-refractivity contribution in [1.82, 2.24) is 10.6 Å². The van der Waals surface area contributed by atoms with Crippen LogP contribution in [-0.2, 0) is 4.79 Å². The van der Waals surface area contributed by atoms with E-state index in [4.69, 9.17) is 5.73 Å². The Labute approximate surface area is 121 Å². The number of nitrogens with one attached hydrogen (secondary N) is 2. The Morgan fingerprint density at radius 2 is 1.88 bits per heavy atom. The van der Waals surface area contributed by atoms with Crippen molar-refractivity contribution < 1.29 is 4.79 Å². The standard InChI is InChI=1S/C11H24N4O.HI/c1-8(2)15-10(12)14-7-6-13-9(16)11(3,4)5;/h8H,6-7H2,1-5H3,(H,13,16)(H3,12,14,15);1H. The zero-order chi connectivity index (χ0) is 12.8. The molecule has 0 aromatic heterocycles. The molecule has 0 rings (SSSR count). The Balaban J connectivity index is 0. The van der Waals surface area contributed by atoms with Crippen LogP contribution in [0, 0.1) is 5.41 Å². The van der Waals surface area contributed by atoms with E-state index in [2.05, 4.69) is 15.6 Å². The summed E-state index contributed by atoms with van der Waals surface area (Å²) in [6, 6.07) is 0.271. The SMILES string of the molecule is CC(C)NC(N)=NCCNC(=O)C(C)(C)C.I. The van der Waals surface area contributed by atoms with Crippen molar-refractivity contribution in [1.29, 1.82) is 0 Å². The molecule has 0 aromatic rings. The molecule has 0 radical (unpaired) electrons. The Morgan fingerprint density at radius 3 is 2.29 bits per heavy atom. The number of nitrogens with two attached hydrogens (primary N) is 1. The summed E-state index contributed by atoms with van der Waals surface area (Å²) < 4.78 is 0. The van der Waals surface area contributed by atoms with E-state index >= 15 is 0 Å². The predicted molar refractivity (Wildman–Crippen MR) is 82.6 cm³/mol. The monoisotopic (exact) mass is 356 g/mol. The second kappa shape index (κ2) is 8.54. The molecule has 0 bridgehead atoms. The largest absolute Gasteiger partial charge is 0.370 e. The third-order valence-electron chi connectivity index (χ3n) is 1.80. The van der Waals surface area contributed by atoms with Gasteiger partial charge in [0, 0.05) is 18.0 Å². The number of aliphatic imine (C=N–C) groups is 1. The maximum atomic E-state index is 11.5. The fourth-order valence-corrected chi connectivity index (χ4v) is 0.952. The minimum Gasteiger partial charge on any atom is -0.370 e. The van der Waals surface area contributed by atoms with Gasteiger partial charge in [0.25, 0.3) is 0 Å². The lowest BCUT2D eigenvalue weighted by atomic mass is 9.96. The van der Waals surface area contributed by atoms with Crippen LogP contribution in [0.3, 0.4) is 0 Å². The fourth-order valence-electron chi connectivity index (χ4n) is 0.952. The van der Waals surface area contributed by atoms with E-state index < -0.39 is 0 Å². The van der Waals surface area contributed by atoms with Crippen molar-refractivity contribution in [3.8, 4) is 0 Å². The molecular weight excluding hydrogens is 331 g/mol. The summed E-state index contributed by atoms with van der Waals surface area (Å²) in [6.07, 6.45) is 0. The lowest BCUT2D eigenvalue weighted by Gasteiger charge is -2.17. The summed E-state index contributed by atoms with van der Waals surface area (Å²) in [4.78, 5) is 15.6. The van der Waals surface area contributed by atoms with Crippen molar-refractivity contribution in [2.75, 3.05) is 13.1 Å². The van der Waals surface area contributed by atoms with Gasteiger partial charge in [-0.15, -0.1) is 24.0 Å². The second-order valence-electron chi connectivity index (χ2n) is 5.07. The molecular formula is C11H25IN4O. The lowest BCUT2D eigenvalue weighted by molar-refractivity contribution is -0.128. The number of amides is 1. The van der Waals surface area contributed by atoms with Gasteiger partial charge in [-0.25, -0.2) is 0 Å². The number of hydrogen-bond donors (Lipinski definition) is 3. The van der Waals surface area contributed by atoms with Gasteiger partial charge in [-0.05, 0) is 13.8 Å². The Kier molecular flexibility index (Phi) is 9.46. The van der Waals surface area contributed by atoms with Gasteiger partial charge < -0.3 is 16.4 Å². The van der Waals surface area contributed by atoms with Gasteiger partial charge in [0.05, 0.1) is 6.54 Å². The number of nitrogens with zero attached hydrogens (tertiary/aromatic N) is 1. The number of carbonyl (C=O) groups excluding carboxylic acids is 1. The van der Waals surface area contributed by atoms with Gasteiger partial charge in [0.15, 0.2) is 5.96 Å². The van der Waals surface area contributed by atoms with Crippen LogP contribution in [0.15, 0.2) is 4.99 Å². The molecule has 102 valence electrons. The molecule has 4 N–H and O–H groups in total. The van der Waals surface area contributed by atoms with Crippen molar-refractivity contribution in [3.63, 3.8) is 0 Å². The zero-order valence-electron chi connectivity index (χ0n) is 11.3. The quantitative estimate of drug-likeness (QED) is 0.305. The summed E-state index contributed by atoms with van der Waals surface area (Å²) in [5.74, 6) is 0.443. The first kappa shape index (κ1) is 18.8. The number of guanidine groups is 1. The molecule has 1 amide bonds. The molecule has 0 spiro atoms. The molecule has 0 atom stereocenters. The Bertz CT molecular complexity index is 259. The smallest absolute Gasteiger partial charge is 0.225 e. The van der Waals surface area contributed by atoms with E-state index in [0.717, 1.165) is 0 Å². The van der Waals surface area contributed by atoms with Gasteiger partial charge in [0.1, 0.15) is 0 Å². The van der Waals surface area contributed by atoms with Crippen LogP contribution in [0.2, 0.25) is 0 Å². The third kappa shape index (κ3) is 10.3. The van der Waals surface area contributed by atoms with Gasteiger partial charge in [0.2, 0.25) is 5.91 Å². The molecule has 0 aliphatic heterocycles. The second-order valence-corrected chi connectivity index (χ2v) is 5.07. The molecule has 0 fully saturated rings. The molecule has 0 aliphatic rings. The minimum absolute atomic E-state index is 0. The predicted octanol–water partition coefficient (Wildman–Crippen LogP) is 1.08. The first-order valence-electron chi connectivity index (χ1n) is 5.58. The molecule has 0 heterocycles. The van der Waals surface area contributed by atoms with Crippen LogP contribution in [0.1, 0.15) is 34.6 Å². The van der Waals surface area contributed by atoms with Crippen molar-refractivity contribution in [3.05, 3.63) is 0 Å². The highest BCUT2D eigenvalue weighted by molar-refractivity contribution is 14.0.